The van der Waals surface area contributed by atoms with Crippen molar-refractivity contribution >= 4 is 44.0 Å². The van der Waals surface area contributed by atoms with Crippen LogP contribution >= 0.6 is 11.6 Å². The smallest absolute Gasteiger partial charge is 0.264 e. The fraction of sp³-hybridized carbons (Fsp3) is 0.559. The van der Waals surface area contributed by atoms with Gasteiger partial charge in [0.15, 0.2) is 0 Å². The molecule has 4 aliphatic rings. The highest BCUT2D eigenvalue weighted by molar-refractivity contribution is 7.90. The van der Waals surface area contributed by atoms with Crippen molar-refractivity contribution in [3.63, 3.8) is 0 Å². The van der Waals surface area contributed by atoms with Crippen LogP contribution in [0.2, 0.25) is 5.02 Å². The number of rotatable bonds is 2. The number of halogens is 1. The van der Waals surface area contributed by atoms with E-state index < -0.39 is 37.6 Å². The second kappa shape index (κ2) is 12.3. The van der Waals surface area contributed by atoms with Crippen molar-refractivity contribution < 1.29 is 27.3 Å². The molecule has 0 unspecified atom stereocenters. The van der Waals surface area contributed by atoms with Crippen LogP contribution in [0.5, 0.6) is 5.75 Å². The molecule has 1 saturated carbocycles. The number of nitrogens with one attached hydrogen (secondary N) is 1. The standard InChI is InChI=1S/C34H43ClN2O6S2/c1-22-6-4-15-34(39,21-44(3)40)29-11-8-26(29)18-37-19-33(14-5-7-24-16-27(35)10-12-28(24)33)20-43-31-13-9-25(17-30(31)37)32(38)36-45(41,42)23(22)2/h4,9-10,12-13,15-17,22-23,26,29,39H,5-8,11,14,18-21H2,1-3H3,(H,36,38)/b15-4+/t22-,23+,26-,29+,33-,34-,44+/m0/s1. The number of nitrogens with zero attached hydrogens (tertiary/aromatic N) is 1. The molecule has 8 nitrogen and oxygen atoms in total. The molecule has 2 aliphatic carbocycles. The van der Waals surface area contributed by atoms with Gasteiger partial charge in [-0.3, -0.25) is 9.00 Å². The van der Waals surface area contributed by atoms with E-state index in [-0.39, 0.29) is 34.5 Å². The Balaban J connectivity index is 1.46. The van der Waals surface area contributed by atoms with Gasteiger partial charge in [-0.25, -0.2) is 13.1 Å². The van der Waals surface area contributed by atoms with Gasteiger partial charge in [0.25, 0.3) is 5.91 Å². The van der Waals surface area contributed by atoms with E-state index in [4.69, 9.17) is 16.3 Å². The number of anilines is 1. The Morgan fingerprint density at radius 2 is 1.98 bits per heavy atom. The van der Waals surface area contributed by atoms with Gasteiger partial charge >= 0.3 is 0 Å². The second-order valence-electron chi connectivity index (χ2n) is 13.7. The Kier molecular flexibility index (Phi) is 8.91. The average Bonchev–Trinajstić information content (AvgIpc) is 3.10. The lowest BCUT2D eigenvalue weighted by molar-refractivity contribution is -0.0283. The number of sulfonamides is 1. The summed E-state index contributed by atoms with van der Waals surface area (Å²) in [5.74, 6) is -0.247. The lowest BCUT2D eigenvalue weighted by atomic mass is 9.64. The minimum atomic E-state index is -3.99. The van der Waals surface area contributed by atoms with Crippen LogP contribution in [-0.2, 0) is 32.7 Å². The zero-order valence-electron chi connectivity index (χ0n) is 26.1. The third kappa shape index (κ3) is 6.32. The van der Waals surface area contributed by atoms with Gasteiger partial charge in [0.05, 0.1) is 28.9 Å². The van der Waals surface area contributed by atoms with E-state index in [0.29, 0.717) is 36.9 Å². The van der Waals surface area contributed by atoms with Gasteiger partial charge in [-0.1, -0.05) is 36.7 Å². The minimum Gasteiger partial charge on any atom is -0.490 e. The molecule has 2 aliphatic heterocycles. The molecule has 1 amide bonds. The van der Waals surface area contributed by atoms with Gasteiger partial charge in [-0.2, -0.15) is 0 Å². The maximum atomic E-state index is 13.4. The van der Waals surface area contributed by atoms with E-state index in [1.165, 1.54) is 11.1 Å². The highest BCUT2D eigenvalue weighted by Crippen LogP contribution is 2.48. The van der Waals surface area contributed by atoms with Crippen molar-refractivity contribution in [2.24, 2.45) is 17.8 Å². The van der Waals surface area contributed by atoms with Gasteiger partial charge in [0.2, 0.25) is 10.0 Å². The van der Waals surface area contributed by atoms with Crippen LogP contribution in [0.3, 0.4) is 0 Å². The summed E-state index contributed by atoms with van der Waals surface area (Å²) in [7, 11) is -5.24. The number of ether oxygens (including phenoxy) is 1. The summed E-state index contributed by atoms with van der Waals surface area (Å²) in [6.45, 7) is 5.10. The van der Waals surface area contributed by atoms with E-state index in [9.17, 15) is 22.5 Å². The molecule has 1 fully saturated rings. The number of carbonyl (C=O) groups excluding carboxylic acids is 1. The molecular formula is C34H43ClN2O6S2. The molecule has 0 aromatic heterocycles. The zero-order chi connectivity index (χ0) is 32.1. The van der Waals surface area contributed by atoms with Crippen molar-refractivity contribution in [3.8, 4) is 5.75 Å². The van der Waals surface area contributed by atoms with E-state index in [1.54, 1.807) is 37.5 Å². The number of aryl methyl sites for hydroxylation is 1. The van der Waals surface area contributed by atoms with E-state index >= 15 is 0 Å². The molecule has 6 rings (SSSR count). The van der Waals surface area contributed by atoms with Gasteiger partial charge < -0.3 is 14.7 Å². The molecular weight excluding hydrogens is 632 g/mol. The Morgan fingerprint density at radius 3 is 2.71 bits per heavy atom. The topological polar surface area (TPSA) is 113 Å². The number of allylic oxidation sites excluding steroid dienone is 1. The van der Waals surface area contributed by atoms with Crippen LogP contribution in [0.1, 0.15) is 67.4 Å². The maximum Gasteiger partial charge on any atom is 0.264 e. The van der Waals surface area contributed by atoms with Crippen molar-refractivity contribution in [2.75, 3.05) is 36.6 Å². The van der Waals surface area contributed by atoms with Gasteiger partial charge in [0, 0.05) is 46.1 Å². The summed E-state index contributed by atoms with van der Waals surface area (Å²) in [6, 6.07) is 11.2. The molecule has 2 N–H and O–H groups in total. The van der Waals surface area contributed by atoms with Crippen molar-refractivity contribution in [3.05, 3.63) is 70.3 Å². The lowest BCUT2D eigenvalue weighted by Gasteiger charge is -2.49. The predicted molar refractivity (Wildman–Crippen MR) is 179 cm³/mol. The van der Waals surface area contributed by atoms with Crippen LogP contribution in [0.25, 0.3) is 0 Å². The maximum absolute atomic E-state index is 13.4. The zero-order valence-corrected chi connectivity index (χ0v) is 28.5. The fourth-order valence-electron chi connectivity index (χ4n) is 7.85. The first kappa shape index (κ1) is 32.5. The molecule has 0 radical (unpaired) electrons. The minimum absolute atomic E-state index is 0.113. The van der Waals surface area contributed by atoms with Crippen LogP contribution in [0, 0.1) is 17.8 Å². The number of fused-ring (bicyclic) bond motifs is 4. The first-order chi connectivity index (χ1) is 21.3. The molecule has 2 bridgehead atoms. The molecule has 11 heteroatoms. The molecule has 45 heavy (non-hydrogen) atoms. The van der Waals surface area contributed by atoms with Crippen molar-refractivity contribution in [1.29, 1.82) is 0 Å². The van der Waals surface area contributed by atoms with Crippen LogP contribution in [-0.4, -0.2) is 66.2 Å². The second-order valence-corrected chi connectivity index (χ2v) is 17.6. The quantitative estimate of drug-likeness (QED) is 0.432. The molecule has 2 heterocycles. The Hall–Kier alpha value is -2.40. The normalized spacial score (nSPS) is 34.2. The number of aliphatic hydroxyl groups is 1. The highest BCUT2D eigenvalue weighted by Gasteiger charge is 2.48. The molecule has 1 spiro atoms. The highest BCUT2D eigenvalue weighted by atomic mass is 35.5. The first-order valence-electron chi connectivity index (χ1n) is 15.9. The largest absolute Gasteiger partial charge is 0.490 e. The van der Waals surface area contributed by atoms with Crippen LogP contribution in [0.4, 0.5) is 5.69 Å². The number of hydrogen-bond donors (Lipinski definition) is 2. The van der Waals surface area contributed by atoms with Gasteiger partial charge in [0.1, 0.15) is 5.75 Å². The number of benzene rings is 2. The van der Waals surface area contributed by atoms with Gasteiger partial charge in [-0.15, -0.1) is 0 Å². The summed E-state index contributed by atoms with van der Waals surface area (Å²) in [4.78, 5) is 15.7. The molecule has 7 atom stereocenters. The van der Waals surface area contributed by atoms with Crippen LogP contribution < -0.4 is 14.4 Å². The van der Waals surface area contributed by atoms with Crippen LogP contribution in [0.15, 0.2) is 48.6 Å². The summed E-state index contributed by atoms with van der Waals surface area (Å²) in [5, 5.41) is 11.9. The number of amides is 1. The molecule has 244 valence electrons. The number of carbonyl (C=O) groups is 1. The fourth-order valence-corrected chi connectivity index (χ4v) is 10.3. The van der Waals surface area contributed by atoms with E-state index in [1.807, 2.05) is 25.1 Å². The van der Waals surface area contributed by atoms with E-state index in [0.717, 1.165) is 37.8 Å². The Morgan fingerprint density at radius 1 is 1.18 bits per heavy atom. The molecule has 2 aromatic rings. The van der Waals surface area contributed by atoms with E-state index in [2.05, 4.69) is 15.7 Å². The molecule has 2 aromatic carbocycles. The summed E-state index contributed by atoms with van der Waals surface area (Å²) < 4.78 is 48.0. The third-order valence-electron chi connectivity index (χ3n) is 10.7. The summed E-state index contributed by atoms with van der Waals surface area (Å²) in [6.07, 6.45) is 10.1. The SMILES string of the molecule is C[C@@H]1[C@@H](C)C/C=C/[C@](O)(C[S@@](C)=O)[C@@H]2CC[C@H]2CN2C[C@@]3(CCCc4cc(Cl)ccc43)COc3ccc(cc32)C(=O)NS1(=O)=O. The Bertz CT molecular complexity index is 1650. The third-order valence-corrected chi connectivity index (χ3v) is 13.7. The summed E-state index contributed by atoms with van der Waals surface area (Å²) >= 11 is 6.40. The van der Waals surface area contributed by atoms with Crippen molar-refractivity contribution in [2.45, 2.75) is 68.6 Å². The predicted octanol–water partition coefficient (Wildman–Crippen LogP) is 4.99. The molecule has 0 saturated heterocycles. The Labute approximate surface area is 274 Å². The average molecular weight is 675 g/mol. The van der Waals surface area contributed by atoms with Crippen molar-refractivity contribution in [1.82, 2.24) is 4.72 Å². The monoisotopic (exact) mass is 674 g/mol. The van der Waals surface area contributed by atoms with Gasteiger partial charge in [-0.05, 0) is 105 Å². The lowest BCUT2D eigenvalue weighted by Crippen LogP contribution is -2.54. The number of hydrogen-bond acceptors (Lipinski definition) is 7. The first-order valence-corrected chi connectivity index (χ1v) is 19.5. The summed E-state index contributed by atoms with van der Waals surface area (Å²) in [5.41, 5.74) is 1.81.